The van der Waals surface area contributed by atoms with Crippen molar-refractivity contribution in [3.8, 4) is 6.07 Å². The SMILES string of the molecule is Cc1cc(N2C(=O)C3C4CC(CN4C(=O)CCC(=O)O)N3C2=O)cnc1C#N. The minimum absolute atomic E-state index is 0.129. The average molecular weight is 383 g/mol. The second-order valence-corrected chi connectivity index (χ2v) is 7.18. The van der Waals surface area contributed by atoms with Crippen LogP contribution in [0.15, 0.2) is 12.3 Å². The third kappa shape index (κ3) is 2.51. The quantitative estimate of drug-likeness (QED) is 0.736. The van der Waals surface area contributed by atoms with Crippen LogP contribution in [0.2, 0.25) is 0 Å². The number of carboxylic acid groups (broad SMARTS) is 1. The van der Waals surface area contributed by atoms with Gasteiger partial charge in [0.2, 0.25) is 5.91 Å². The zero-order chi connectivity index (χ0) is 20.2. The van der Waals surface area contributed by atoms with Gasteiger partial charge in [0, 0.05) is 13.0 Å². The maximum absolute atomic E-state index is 13.0. The van der Waals surface area contributed by atoms with Crippen LogP contribution in [0, 0.1) is 18.3 Å². The van der Waals surface area contributed by atoms with E-state index in [1.807, 2.05) is 6.07 Å². The van der Waals surface area contributed by atoms with Crippen LogP contribution in [0.3, 0.4) is 0 Å². The molecule has 4 rings (SSSR count). The van der Waals surface area contributed by atoms with E-state index in [1.165, 1.54) is 16.0 Å². The van der Waals surface area contributed by atoms with Gasteiger partial charge in [-0.15, -0.1) is 0 Å². The maximum atomic E-state index is 13.0. The number of amides is 4. The van der Waals surface area contributed by atoms with Crippen molar-refractivity contribution in [1.82, 2.24) is 14.8 Å². The van der Waals surface area contributed by atoms with Crippen LogP contribution in [0.25, 0.3) is 0 Å². The number of rotatable bonds is 4. The summed E-state index contributed by atoms with van der Waals surface area (Å²) < 4.78 is 0. The maximum Gasteiger partial charge on any atom is 0.332 e. The highest BCUT2D eigenvalue weighted by Gasteiger charge is 2.62. The minimum atomic E-state index is -1.05. The Labute approximate surface area is 159 Å². The van der Waals surface area contributed by atoms with E-state index in [0.29, 0.717) is 24.2 Å². The molecule has 144 valence electrons. The van der Waals surface area contributed by atoms with Crippen LogP contribution >= 0.6 is 0 Å². The van der Waals surface area contributed by atoms with Gasteiger partial charge in [-0.05, 0) is 25.0 Å². The number of imide groups is 1. The highest BCUT2D eigenvalue weighted by molar-refractivity contribution is 6.22. The first-order valence-electron chi connectivity index (χ1n) is 8.87. The molecule has 0 radical (unpaired) electrons. The smallest absolute Gasteiger partial charge is 0.332 e. The summed E-state index contributed by atoms with van der Waals surface area (Å²) in [5, 5.41) is 17.8. The van der Waals surface area contributed by atoms with Gasteiger partial charge in [0.25, 0.3) is 5.91 Å². The van der Waals surface area contributed by atoms with Crippen molar-refractivity contribution in [3.05, 3.63) is 23.5 Å². The molecular weight excluding hydrogens is 366 g/mol. The summed E-state index contributed by atoms with van der Waals surface area (Å²) in [7, 11) is 0. The van der Waals surface area contributed by atoms with Crippen molar-refractivity contribution in [1.29, 1.82) is 5.26 Å². The topological polar surface area (TPSA) is 135 Å². The van der Waals surface area contributed by atoms with E-state index < -0.39 is 30.0 Å². The number of carboxylic acids is 1. The molecule has 3 fully saturated rings. The molecule has 28 heavy (non-hydrogen) atoms. The molecule has 10 heteroatoms. The Balaban J connectivity index is 1.58. The molecule has 4 amide bonds. The van der Waals surface area contributed by atoms with E-state index in [-0.39, 0.29) is 30.5 Å². The molecule has 1 N–H and O–H groups in total. The second-order valence-electron chi connectivity index (χ2n) is 7.18. The predicted octanol–water partition coefficient (Wildman–Crippen LogP) is 0.247. The Kier molecular flexibility index (Phi) is 4.03. The van der Waals surface area contributed by atoms with Gasteiger partial charge in [-0.3, -0.25) is 14.4 Å². The van der Waals surface area contributed by atoms with Gasteiger partial charge in [0.05, 0.1) is 30.4 Å². The summed E-state index contributed by atoms with van der Waals surface area (Å²) in [5.74, 6) is -1.80. The lowest BCUT2D eigenvalue weighted by Gasteiger charge is -2.34. The number of anilines is 1. The molecule has 3 aliphatic rings. The normalized spacial score (nSPS) is 25.3. The first-order chi connectivity index (χ1) is 13.3. The largest absolute Gasteiger partial charge is 0.481 e. The van der Waals surface area contributed by atoms with E-state index in [2.05, 4.69) is 4.98 Å². The molecular formula is C18H17N5O5. The number of nitriles is 1. The Hall–Kier alpha value is -3.48. The molecule has 3 saturated heterocycles. The fraction of sp³-hybridized carbons (Fsp3) is 0.444. The zero-order valence-electron chi connectivity index (χ0n) is 15.0. The van der Waals surface area contributed by atoms with E-state index >= 15 is 0 Å². The lowest BCUT2D eigenvalue weighted by molar-refractivity contribution is -0.142. The molecule has 3 aliphatic heterocycles. The summed E-state index contributed by atoms with van der Waals surface area (Å²) in [6.45, 7) is 1.98. The first-order valence-corrected chi connectivity index (χ1v) is 8.87. The van der Waals surface area contributed by atoms with E-state index in [1.54, 1.807) is 13.0 Å². The molecule has 10 nitrogen and oxygen atoms in total. The van der Waals surface area contributed by atoms with Crippen LogP contribution in [0.1, 0.15) is 30.5 Å². The Morgan fingerprint density at radius 3 is 2.75 bits per heavy atom. The summed E-state index contributed by atoms with van der Waals surface area (Å²) >= 11 is 0. The fourth-order valence-electron chi connectivity index (χ4n) is 4.34. The minimum Gasteiger partial charge on any atom is -0.481 e. The number of hydrogen-bond acceptors (Lipinski definition) is 6. The van der Waals surface area contributed by atoms with Crippen molar-refractivity contribution < 1.29 is 24.3 Å². The molecule has 0 aromatic carbocycles. The first kappa shape index (κ1) is 17.9. The highest BCUT2D eigenvalue weighted by Crippen LogP contribution is 2.42. The number of carbonyl (C=O) groups excluding carboxylic acids is 3. The Morgan fingerprint density at radius 1 is 1.36 bits per heavy atom. The van der Waals surface area contributed by atoms with Crippen molar-refractivity contribution in [2.24, 2.45) is 0 Å². The highest BCUT2D eigenvalue weighted by atomic mass is 16.4. The Bertz CT molecular complexity index is 954. The molecule has 3 atom stereocenters. The van der Waals surface area contributed by atoms with Gasteiger partial charge in [-0.1, -0.05) is 0 Å². The van der Waals surface area contributed by atoms with Gasteiger partial charge < -0.3 is 14.9 Å². The standard InChI is InChI=1S/C18H17N5O5/c1-9-4-10(7-20-12(9)6-19)23-17(27)16-13-5-11(22(16)18(23)28)8-21(13)14(24)2-3-15(25)26/h4,7,11,13,16H,2-3,5,8H2,1H3,(H,25,26). The number of piperazine rings is 1. The summed E-state index contributed by atoms with van der Waals surface area (Å²) in [4.78, 5) is 57.1. The monoisotopic (exact) mass is 383 g/mol. The Morgan fingerprint density at radius 2 is 2.11 bits per heavy atom. The van der Waals surface area contributed by atoms with E-state index in [9.17, 15) is 19.2 Å². The second kappa shape index (κ2) is 6.30. The molecule has 1 aromatic heterocycles. The third-order valence-corrected chi connectivity index (χ3v) is 5.57. The molecule has 0 spiro atoms. The van der Waals surface area contributed by atoms with Crippen molar-refractivity contribution in [3.63, 3.8) is 0 Å². The van der Waals surface area contributed by atoms with Gasteiger partial charge in [-0.2, -0.15) is 5.26 Å². The molecule has 0 aliphatic carbocycles. The van der Waals surface area contributed by atoms with E-state index in [0.717, 1.165) is 4.90 Å². The van der Waals surface area contributed by atoms with Crippen LogP contribution in [-0.4, -0.2) is 68.4 Å². The molecule has 2 bridgehead atoms. The van der Waals surface area contributed by atoms with Crippen LogP contribution < -0.4 is 4.90 Å². The zero-order valence-corrected chi connectivity index (χ0v) is 15.0. The summed E-state index contributed by atoms with van der Waals surface area (Å²) in [6, 6.07) is 1.58. The number of nitrogens with zero attached hydrogens (tertiary/aromatic N) is 5. The number of aliphatic carboxylic acids is 1. The number of aryl methyl sites for hydroxylation is 1. The van der Waals surface area contributed by atoms with E-state index in [4.69, 9.17) is 10.4 Å². The number of pyridine rings is 1. The molecule has 1 aromatic rings. The fourth-order valence-corrected chi connectivity index (χ4v) is 4.34. The summed E-state index contributed by atoms with van der Waals surface area (Å²) in [5.41, 5.74) is 1.07. The van der Waals surface area contributed by atoms with Crippen molar-refractivity contribution >= 4 is 29.5 Å². The van der Waals surface area contributed by atoms with Gasteiger partial charge >= 0.3 is 12.0 Å². The number of hydrogen-bond donors (Lipinski definition) is 1. The number of carbonyl (C=O) groups is 4. The van der Waals surface area contributed by atoms with Crippen LogP contribution in [0.5, 0.6) is 0 Å². The average Bonchev–Trinajstić information content (AvgIpc) is 3.31. The van der Waals surface area contributed by atoms with Crippen molar-refractivity contribution in [2.75, 3.05) is 11.4 Å². The number of aromatic nitrogens is 1. The number of urea groups is 1. The molecule has 4 heterocycles. The van der Waals surface area contributed by atoms with Gasteiger partial charge in [0.1, 0.15) is 17.8 Å². The van der Waals surface area contributed by atoms with Crippen LogP contribution in [0.4, 0.5) is 10.5 Å². The lowest BCUT2D eigenvalue weighted by atomic mass is 10.1. The number of likely N-dealkylation sites (tertiary alicyclic amines) is 1. The third-order valence-electron chi connectivity index (χ3n) is 5.57. The predicted molar refractivity (Wildman–Crippen MR) is 93.0 cm³/mol. The summed E-state index contributed by atoms with van der Waals surface area (Å²) in [6.07, 6.45) is 1.44. The number of fused-ring (bicyclic) bond motifs is 5. The van der Waals surface area contributed by atoms with Gasteiger partial charge in [0.15, 0.2) is 0 Å². The molecule has 3 unspecified atom stereocenters. The van der Waals surface area contributed by atoms with Crippen LogP contribution in [-0.2, 0) is 14.4 Å². The van der Waals surface area contributed by atoms with Gasteiger partial charge in [-0.25, -0.2) is 14.7 Å². The lowest BCUT2D eigenvalue weighted by Crippen LogP contribution is -2.54. The van der Waals surface area contributed by atoms with Crippen molar-refractivity contribution in [2.45, 2.75) is 44.3 Å². The molecule has 0 saturated carbocycles.